The number of rotatable bonds is 3. The molecule has 2 heterocycles. The molecule has 3 rings (SSSR count). The van der Waals surface area contributed by atoms with Gasteiger partial charge in [0.25, 0.3) is 0 Å². The van der Waals surface area contributed by atoms with Crippen LogP contribution in [-0.4, -0.2) is 20.2 Å². The minimum Gasteiger partial charge on any atom is -0.382 e. The Morgan fingerprint density at radius 2 is 1.83 bits per heavy atom. The smallest absolute Gasteiger partial charge is 0.382 e. The fourth-order valence-electron chi connectivity index (χ4n) is 2.24. The first-order valence-electron chi connectivity index (χ1n) is 6.69. The molecule has 3 N–H and O–H groups in total. The van der Waals surface area contributed by atoms with Gasteiger partial charge < -0.3 is 10.1 Å². The molecular formula is C15H12F3N5. The maximum Gasteiger partial charge on any atom is 0.434 e. The summed E-state index contributed by atoms with van der Waals surface area (Å²) in [7, 11) is 0. The van der Waals surface area contributed by atoms with E-state index in [9.17, 15) is 13.2 Å². The molecule has 8 heteroatoms. The van der Waals surface area contributed by atoms with Crippen LogP contribution in [-0.2, 0) is 12.6 Å². The Morgan fingerprint density at radius 3 is 2.43 bits per heavy atom. The first-order valence-corrected chi connectivity index (χ1v) is 6.69. The van der Waals surface area contributed by atoms with Gasteiger partial charge in [-0.2, -0.15) is 13.2 Å². The summed E-state index contributed by atoms with van der Waals surface area (Å²) in [5.74, 6) is -0.316. The van der Waals surface area contributed by atoms with Crippen molar-refractivity contribution in [2.45, 2.75) is 12.6 Å². The fourth-order valence-corrected chi connectivity index (χ4v) is 2.24. The van der Waals surface area contributed by atoms with Gasteiger partial charge in [0.15, 0.2) is 11.3 Å². The number of amidine groups is 1. The molecule has 0 aliphatic heterocycles. The third-order valence-electron chi connectivity index (χ3n) is 3.29. The highest BCUT2D eigenvalue weighted by Crippen LogP contribution is 2.29. The van der Waals surface area contributed by atoms with Gasteiger partial charge >= 0.3 is 6.18 Å². The average molecular weight is 319 g/mol. The molecule has 1 aromatic carbocycles. The van der Waals surface area contributed by atoms with Crippen molar-refractivity contribution < 1.29 is 13.2 Å². The molecule has 23 heavy (non-hydrogen) atoms. The maximum atomic E-state index is 12.9. The van der Waals surface area contributed by atoms with Gasteiger partial charge in [0, 0.05) is 18.8 Å². The number of halogens is 3. The quantitative estimate of drug-likeness (QED) is 0.575. The number of benzene rings is 1. The Kier molecular flexibility index (Phi) is 3.51. The third kappa shape index (κ3) is 3.01. The number of nitrogens with zero attached hydrogens (tertiary/aromatic N) is 3. The van der Waals surface area contributed by atoms with Crippen LogP contribution < -0.4 is 5.73 Å². The summed E-state index contributed by atoms with van der Waals surface area (Å²) in [6.45, 7) is 0. The average Bonchev–Trinajstić information content (AvgIpc) is 2.92. The predicted molar refractivity (Wildman–Crippen MR) is 78.3 cm³/mol. The van der Waals surface area contributed by atoms with Crippen LogP contribution in [0.5, 0.6) is 0 Å². The van der Waals surface area contributed by atoms with Crippen LogP contribution in [0.1, 0.15) is 22.6 Å². The van der Waals surface area contributed by atoms with Gasteiger partial charge in [-0.25, -0.2) is 9.97 Å². The molecule has 0 aliphatic carbocycles. The van der Waals surface area contributed by atoms with Gasteiger partial charge in [-0.05, 0) is 5.56 Å². The van der Waals surface area contributed by atoms with E-state index in [0.29, 0.717) is 12.1 Å². The molecule has 118 valence electrons. The summed E-state index contributed by atoms with van der Waals surface area (Å²) in [5.41, 5.74) is 5.84. The molecule has 0 radical (unpaired) electrons. The van der Waals surface area contributed by atoms with Crippen molar-refractivity contribution in [3.8, 4) is 0 Å². The van der Waals surface area contributed by atoms with Crippen LogP contribution in [0.3, 0.4) is 0 Å². The van der Waals surface area contributed by atoms with Crippen LogP contribution in [0.2, 0.25) is 0 Å². The third-order valence-corrected chi connectivity index (χ3v) is 3.29. The van der Waals surface area contributed by atoms with Crippen molar-refractivity contribution in [1.82, 2.24) is 14.4 Å². The van der Waals surface area contributed by atoms with Crippen LogP contribution in [0, 0.1) is 5.41 Å². The van der Waals surface area contributed by atoms with Gasteiger partial charge in [0.1, 0.15) is 11.5 Å². The van der Waals surface area contributed by atoms with E-state index in [1.54, 1.807) is 0 Å². The molecule has 0 aliphatic rings. The molecule has 0 atom stereocenters. The summed E-state index contributed by atoms with van der Waals surface area (Å²) in [5, 5.41) is 7.48. The lowest BCUT2D eigenvalue weighted by atomic mass is 10.1. The zero-order valence-electron chi connectivity index (χ0n) is 11.8. The number of nitrogens with one attached hydrogen (secondary N) is 1. The maximum absolute atomic E-state index is 12.9. The number of fused-ring (bicyclic) bond motifs is 1. The topological polar surface area (TPSA) is 80.1 Å². The SMILES string of the molecule is N=C(N)c1cn2cc(C(F)(F)F)nc2c(Cc2ccccc2)n1. The lowest BCUT2D eigenvalue weighted by molar-refractivity contribution is -0.140. The second-order valence-corrected chi connectivity index (χ2v) is 5.00. The summed E-state index contributed by atoms with van der Waals surface area (Å²) in [6, 6.07) is 9.18. The van der Waals surface area contributed by atoms with E-state index < -0.39 is 11.9 Å². The standard InChI is InChI=1S/C15H12F3N5/c16-15(17,18)12-8-23-7-11(13(19)20)21-10(14(23)22-12)6-9-4-2-1-3-5-9/h1-5,7-8H,6H2,(H3,19,20). The fraction of sp³-hybridized carbons (Fsp3) is 0.133. The zero-order chi connectivity index (χ0) is 16.6. The van der Waals surface area contributed by atoms with E-state index in [1.165, 1.54) is 10.6 Å². The number of nitrogen functional groups attached to an aromatic ring is 1. The van der Waals surface area contributed by atoms with Gasteiger partial charge in [0.05, 0.1) is 5.69 Å². The molecule has 0 unspecified atom stereocenters. The minimum absolute atomic E-state index is 0.103. The number of alkyl halides is 3. The van der Waals surface area contributed by atoms with Gasteiger partial charge in [0.2, 0.25) is 0 Å². The summed E-state index contributed by atoms with van der Waals surface area (Å²) in [6.07, 6.45) is -2.11. The first kappa shape index (κ1) is 15.0. The molecule has 5 nitrogen and oxygen atoms in total. The van der Waals surface area contributed by atoms with Crippen molar-refractivity contribution in [3.05, 3.63) is 65.4 Å². The summed E-state index contributed by atoms with van der Waals surface area (Å²) >= 11 is 0. The van der Waals surface area contributed by atoms with E-state index in [-0.39, 0.29) is 17.2 Å². The molecule has 0 saturated heterocycles. The lowest BCUT2D eigenvalue weighted by Gasteiger charge is -2.06. The number of imidazole rings is 1. The van der Waals surface area contributed by atoms with Crippen molar-refractivity contribution in [1.29, 1.82) is 5.41 Å². The van der Waals surface area contributed by atoms with Crippen molar-refractivity contribution in [3.63, 3.8) is 0 Å². The largest absolute Gasteiger partial charge is 0.434 e. The van der Waals surface area contributed by atoms with Crippen LogP contribution in [0.25, 0.3) is 5.65 Å². The van der Waals surface area contributed by atoms with Crippen LogP contribution in [0.4, 0.5) is 13.2 Å². The monoisotopic (exact) mass is 319 g/mol. The van der Waals surface area contributed by atoms with E-state index in [1.807, 2.05) is 30.3 Å². The van der Waals surface area contributed by atoms with E-state index in [2.05, 4.69) is 9.97 Å². The van der Waals surface area contributed by atoms with Gasteiger partial charge in [-0.15, -0.1) is 0 Å². The van der Waals surface area contributed by atoms with Crippen LogP contribution >= 0.6 is 0 Å². The number of hydrogen-bond acceptors (Lipinski definition) is 3. The zero-order valence-corrected chi connectivity index (χ0v) is 11.8. The van der Waals surface area contributed by atoms with Gasteiger partial charge in [-0.1, -0.05) is 30.3 Å². The normalized spacial score (nSPS) is 11.8. The molecule has 0 fully saturated rings. The molecule has 2 aromatic heterocycles. The first-order chi connectivity index (χ1) is 10.8. The molecular weight excluding hydrogens is 307 g/mol. The van der Waals surface area contributed by atoms with E-state index >= 15 is 0 Å². The molecule has 3 aromatic rings. The highest BCUT2D eigenvalue weighted by atomic mass is 19.4. The Morgan fingerprint density at radius 1 is 1.13 bits per heavy atom. The molecule has 0 spiro atoms. The number of hydrogen-bond donors (Lipinski definition) is 2. The number of aromatic nitrogens is 3. The molecule has 0 bridgehead atoms. The number of nitrogens with two attached hydrogens (primary N) is 1. The molecule has 0 amide bonds. The second-order valence-electron chi connectivity index (χ2n) is 5.00. The predicted octanol–water partition coefficient (Wildman–Crippen LogP) is 2.62. The Hall–Kier alpha value is -2.90. The van der Waals surface area contributed by atoms with Crippen molar-refractivity contribution >= 4 is 11.5 Å². The van der Waals surface area contributed by atoms with Crippen LogP contribution in [0.15, 0.2) is 42.7 Å². The Bertz CT molecular complexity index is 868. The Labute approximate surface area is 129 Å². The second kappa shape index (κ2) is 5.38. The summed E-state index contributed by atoms with van der Waals surface area (Å²) < 4.78 is 39.9. The van der Waals surface area contributed by atoms with Crippen molar-refractivity contribution in [2.24, 2.45) is 5.73 Å². The van der Waals surface area contributed by atoms with Crippen molar-refractivity contribution in [2.75, 3.05) is 0 Å². The summed E-state index contributed by atoms with van der Waals surface area (Å²) in [4.78, 5) is 7.84. The van der Waals surface area contributed by atoms with E-state index in [4.69, 9.17) is 11.1 Å². The van der Waals surface area contributed by atoms with Gasteiger partial charge in [-0.3, -0.25) is 5.41 Å². The minimum atomic E-state index is -4.55. The molecule has 0 saturated carbocycles. The highest BCUT2D eigenvalue weighted by molar-refractivity contribution is 5.93. The lowest BCUT2D eigenvalue weighted by Crippen LogP contribution is -2.15. The highest BCUT2D eigenvalue weighted by Gasteiger charge is 2.34. The van der Waals surface area contributed by atoms with E-state index in [0.717, 1.165) is 11.8 Å². The Balaban J connectivity index is 2.17.